The molecule has 2 heterocycles. The first kappa shape index (κ1) is 19.5. The van der Waals surface area contributed by atoms with Gasteiger partial charge in [0, 0.05) is 26.5 Å². The van der Waals surface area contributed by atoms with Gasteiger partial charge in [0.15, 0.2) is 0 Å². The maximum atomic E-state index is 12.8. The van der Waals surface area contributed by atoms with Crippen LogP contribution in [0, 0.1) is 0 Å². The van der Waals surface area contributed by atoms with Gasteiger partial charge in [-0.2, -0.15) is 0 Å². The molecule has 0 aliphatic rings. The van der Waals surface area contributed by atoms with Crippen LogP contribution < -0.4 is 10.1 Å². The molecule has 0 aliphatic heterocycles. The number of pyridine rings is 1. The topological polar surface area (TPSA) is 51.2 Å². The number of carbonyl (C=O) groups is 1. The van der Waals surface area contributed by atoms with Gasteiger partial charge in [-0.1, -0.05) is 35.3 Å². The van der Waals surface area contributed by atoms with Crippen LogP contribution in [0.25, 0.3) is 10.4 Å². The largest absolute Gasteiger partial charge is 0.438 e. The molecule has 0 unspecified atom stereocenters. The lowest BCUT2D eigenvalue weighted by Gasteiger charge is -2.09. The Morgan fingerprint density at radius 1 is 0.966 bits per heavy atom. The van der Waals surface area contributed by atoms with E-state index in [0.29, 0.717) is 27.0 Å². The highest BCUT2D eigenvalue weighted by Crippen LogP contribution is 2.31. The molecule has 0 atom stereocenters. The minimum atomic E-state index is -0.303. The second-order valence-corrected chi connectivity index (χ2v) is 7.86. The van der Waals surface area contributed by atoms with Gasteiger partial charge in [-0.15, -0.1) is 11.3 Å². The predicted molar refractivity (Wildman–Crippen MR) is 118 cm³/mol. The van der Waals surface area contributed by atoms with Crippen LogP contribution in [0.2, 0.25) is 10.0 Å². The molecule has 4 nitrogen and oxygen atoms in total. The molecule has 144 valence electrons. The number of amides is 1. The molecule has 29 heavy (non-hydrogen) atoms. The molecule has 0 saturated carbocycles. The number of benzene rings is 2. The third-order valence-corrected chi connectivity index (χ3v) is 5.51. The first-order valence-corrected chi connectivity index (χ1v) is 10.3. The maximum absolute atomic E-state index is 12.8. The average Bonchev–Trinajstić information content (AvgIpc) is 3.19. The van der Waals surface area contributed by atoms with Crippen LogP contribution in [0.3, 0.4) is 0 Å². The van der Waals surface area contributed by atoms with Crippen LogP contribution in [-0.2, 0) is 0 Å². The molecule has 2 aromatic carbocycles. The fraction of sp³-hybridized carbons (Fsp3) is 0. The number of nitrogens with one attached hydrogen (secondary N) is 1. The minimum absolute atomic E-state index is 0.223. The van der Waals surface area contributed by atoms with Crippen molar-refractivity contribution in [1.29, 1.82) is 0 Å². The maximum Gasteiger partial charge on any atom is 0.261 e. The number of ether oxygens (including phenoxy) is 1. The first-order chi connectivity index (χ1) is 14.1. The normalized spacial score (nSPS) is 10.6. The quantitative estimate of drug-likeness (QED) is 0.358. The number of halogens is 2. The molecule has 1 amide bonds. The van der Waals surface area contributed by atoms with Gasteiger partial charge in [-0.05, 0) is 60.2 Å². The molecule has 0 bridgehead atoms. The van der Waals surface area contributed by atoms with Crippen LogP contribution >= 0.6 is 34.5 Å². The summed E-state index contributed by atoms with van der Waals surface area (Å²) in [6.45, 7) is 0. The van der Waals surface area contributed by atoms with Gasteiger partial charge < -0.3 is 10.1 Å². The first-order valence-electron chi connectivity index (χ1n) is 8.63. The van der Waals surface area contributed by atoms with Crippen LogP contribution in [0.15, 0.2) is 78.3 Å². The highest BCUT2D eigenvalue weighted by atomic mass is 35.5. The fourth-order valence-electron chi connectivity index (χ4n) is 2.62. The van der Waals surface area contributed by atoms with Crippen LogP contribution in [-0.4, -0.2) is 10.9 Å². The van der Waals surface area contributed by atoms with E-state index in [1.54, 1.807) is 42.6 Å². The lowest BCUT2D eigenvalue weighted by atomic mass is 10.2. The van der Waals surface area contributed by atoms with Crippen molar-refractivity contribution in [3.05, 3.63) is 93.9 Å². The molecule has 0 fully saturated rings. The van der Waals surface area contributed by atoms with E-state index < -0.39 is 0 Å². The molecule has 0 saturated heterocycles. The summed E-state index contributed by atoms with van der Waals surface area (Å²) in [6.07, 6.45) is 1.57. The Morgan fingerprint density at radius 2 is 1.66 bits per heavy atom. The lowest BCUT2D eigenvalue weighted by Crippen LogP contribution is -2.13. The van der Waals surface area contributed by atoms with Crippen molar-refractivity contribution in [3.8, 4) is 22.1 Å². The van der Waals surface area contributed by atoms with Crippen LogP contribution in [0.1, 0.15) is 10.4 Å². The summed E-state index contributed by atoms with van der Waals surface area (Å²) in [6, 6.07) is 19.7. The summed E-state index contributed by atoms with van der Waals surface area (Å²) in [4.78, 5) is 18.0. The summed E-state index contributed by atoms with van der Waals surface area (Å²) >= 11 is 13.4. The Morgan fingerprint density at radius 3 is 2.38 bits per heavy atom. The molecule has 0 radical (unpaired) electrons. The van der Waals surface area contributed by atoms with E-state index >= 15 is 0 Å². The summed E-state index contributed by atoms with van der Waals surface area (Å²) in [5.41, 5.74) is 2.07. The van der Waals surface area contributed by atoms with Crippen molar-refractivity contribution >= 4 is 46.1 Å². The zero-order valence-corrected chi connectivity index (χ0v) is 17.3. The van der Waals surface area contributed by atoms with E-state index in [1.807, 2.05) is 35.7 Å². The standard InChI is InChI=1S/C22H14Cl2N2O2S/c23-15-5-3-14(4-6-15)20-12-17(13-29-20)26-21(27)19-2-1-11-25-22(19)28-18-9-7-16(24)8-10-18/h1-13H,(H,26,27). The van der Waals surface area contributed by atoms with E-state index in [-0.39, 0.29) is 11.8 Å². The molecule has 0 spiro atoms. The van der Waals surface area contributed by atoms with Crippen LogP contribution in [0.5, 0.6) is 11.6 Å². The predicted octanol–water partition coefficient (Wildman–Crippen LogP) is 7.16. The Bertz CT molecular complexity index is 1140. The molecule has 1 N–H and O–H groups in total. The zero-order valence-electron chi connectivity index (χ0n) is 14.9. The van der Waals surface area contributed by atoms with E-state index in [9.17, 15) is 4.79 Å². The fourth-order valence-corrected chi connectivity index (χ4v) is 3.73. The highest BCUT2D eigenvalue weighted by Gasteiger charge is 2.15. The Labute approximate surface area is 181 Å². The number of nitrogens with zero attached hydrogens (tertiary/aromatic N) is 1. The van der Waals surface area contributed by atoms with Crippen molar-refractivity contribution in [3.63, 3.8) is 0 Å². The van der Waals surface area contributed by atoms with E-state index in [0.717, 1.165) is 10.4 Å². The van der Waals surface area contributed by atoms with Crippen molar-refractivity contribution in [2.24, 2.45) is 0 Å². The zero-order chi connectivity index (χ0) is 20.2. The number of carbonyl (C=O) groups excluding carboxylic acids is 1. The second-order valence-electron chi connectivity index (χ2n) is 6.07. The van der Waals surface area contributed by atoms with Gasteiger partial charge in [0.1, 0.15) is 11.3 Å². The molecule has 7 heteroatoms. The SMILES string of the molecule is O=C(Nc1csc(-c2ccc(Cl)cc2)c1)c1cccnc1Oc1ccc(Cl)cc1. The highest BCUT2D eigenvalue weighted by molar-refractivity contribution is 7.14. The monoisotopic (exact) mass is 440 g/mol. The van der Waals surface area contributed by atoms with Crippen LogP contribution in [0.4, 0.5) is 5.69 Å². The second kappa shape index (κ2) is 8.66. The third-order valence-electron chi connectivity index (χ3n) is 4.03. The van der Waals surface area contributed by atoms with Crippen molar-refractivity contribution in [1.82, 2.24) is 4.98 Å². The summed E-state index contributed by atoms with van der Waals surface area (Å²) in [7, 11) is 0. The summed E-state index contributed by atoms with van der Waals surface area (Å²) in [5.74, 6) is 0.464. The molecular formula is C22H14Cl2N2O2S. The van der Waals surface area contributed by atoms with Gasteiger partial charge in [0.05, 0.1) is 5.69 Å². The summed E-state index contributed by atoms with van der Waals surface area (Å²) in [5, 5.41) is 6.07. The van der Waals surface area contributed by atoms with E-state index in [4.69, 9.17) is 27.9 Å². The Hall–Kier alpha value is -2.86. The number of thiophene rings is 1. The van der Waals surface area contributed by atoms with Gasteiger partial charge >= 0.3 is 0 Å². The number of hydrogen-bond acceptors (Lipinski definition) is 4. The van der Waals surface area contributed by atoms with Gasteiger partial charge in [0.2, 0.25) is 5.88 Å². The molecule has 4 rings (SSSR count). The van der Waals surface area contributed by atoms with Gasteiger partial charge in [-0.3, -0.25) is 4.79 Å². The molecule has 4 aromatic rings. The summed E-state index contributed by atoms with van der Waals surface area (Å²) < 4.78 is 5.77. The number of aromatic nitrogens is 1. The number of rotatable bonds is 5. The van der Waals surface area contributed by atoms with Crippen molar-refractivity contribution in [2.45, 2.75) is 0 Å². The molecule has 0 aliphatic carbocycles. The van der Waals surface area contributed by atoms with Gasteiger partial charge in [-0.25, -0.2) is 4.98 Å². The average molecular weight is 441 g/mol. The third kappa shape index (κ3) is 4.77. The van der Waals surface area contributed by atoms with Gasteiger partial charge in [0.25, 0.3) is 5.91 Å². The minimum Gasteiger partial charge on any atom is -0.438 e. The lowest BCUT2D eigenvalue weighted by molar-refractivity contribution is 0.102. The van der Waals surface area contributed by atoms with Crippen molar-refractivity contribution < 1.29 is 9.53 Å². The molecule has 2 aromatic heterocycles. The smallest absolute Gasteiger partial charge is 0.261 e. The molecular weight excluding hydrogens is 427 g/mol. The van der Waals surface area contributed by atoms with Crippen molar-refractivity contribution in [2.75, 3.05) is 5.32 Å². The van der Waals surface area contributed by atoms with E-state index in [1.165, 1.54) is 11.3 Å². The van der Waals surface area contributed by atoms with E-state index in [2.05, 4.69) is 10.3 Å². The Balaban J connectivity index is 1.52. The Kier molecular flexibility index (Phi) is 5.81. The number of hydrogen-bond donors (Lipinski definition) is 1. The number of anilines is 1.